The molecule has 4 aromatic carbocycles. The van der Waals surface area contributed by atoms with Crippen LogP contribution in [0.15, 0.2) is 132 Å². The zero-order chi connectivity index (χ0) is 33.7. The van der Waals surface area contributed by atoms with Crippen LogP contribution in [0.4, 0.5) is 0 Å². The average molecular weight is 828 g/mol. The van der Waals surface area contributed by atoms with E-state index in [1.54, 1.807) is 6.20 Å². The van der Waals surface area contributed by atoms with Crippen LogP contribution in [0.1, 0.15) is 33.5 Å². The fraction of sp³-hybridized carbons (Fsp3) is 0.133. The zero-order valence-corrected chi connectivity index (χ0v) is 31.0. The second kappa shape index (κ2) is 15.6. The Balaban J connectivity index is 0.000000281. The molecule has 0 unspecified atom stereocenters. The summed E-state index contributed by atoms with van der Waals surface area (Å²) in [5, 5.41) is 2.06. The maximum absolute atomic E-state index is 6.35. The second-order valence-corrected chi connectivity index (χ2v) is 12.5. The minimum atomic E-state index is 0. The predicted octanol–water partition coefficient (Wildman–Crippen LogP) is 11.1. The summed E-state index contributed by atoms with van der Waals surface area (Å²) < 4.78 is 6.35. The Labute approximate surface area is 307 Å². The largest absolute Gasteiger partial charge is 0.486 e. The third kappa shape index (κ3) is 7.50. The van der Waals surface area contributed by atoms with Crippen LogP contribution in [0.25, 0.3) is 55.7 Å². The Morgan fingerprint density at radius 1 is 0.640 bits per heavy atom. The first kappa shape index (κ1) is 34.6. The normalized spacial score (nSPS) is 10.8. The number of hydrogen-bond donors (Lipinski definition) is 0. The number of aryl methyl sites for hydroxylation is 6. The van der Waals surface area contributed by atoms with Crippen molar-refractivity contribution in [2.75, 3.05) is 0 Å². The van der Waals surface area contributed by atoms with Crippen molar-refractivity contribution in [3.63, 3.8) is 0 Å². The van der Waals surface area contributed by atoms with Crippen molar-refractivity contribution in [3.05, 3.63) is 173 Å². The summed E-state index contributed by atoms with van der Waals surface area (Å²) in [7, 11) is 0. The van der Waals surface area contributed by atoms with Crippen LogP contribution < -0.4 is 0 Å². The Kier molecular flexibility index (Phi) is 10.8. The molecule has 4 aromatic heterocycles. The summed E-state index contributed by atoms with van der Waals surface area (Å²) in [4.78, 5) is 14.0. The van der Waals surface area contributed by atoms with E-state index in [4.69, 9.17) is 14.4 Å². The number of rotatable bonds is 6. The number of hydrogen-bond acceptors (Lipinski definition) is 4. The van der Waals surface area contributed by atoms with Crippen LogP contribution in [0.3, 0.4) is 0 Å². The molecule has 0 saturated heterocycles. The SMILES string of the molecule is Cc1cc(C)c(-c2cnc(-c3[c-]ccc4c3oc3nc(CCc5ccccc5)ccc34)cc2C)c(C)c1.[Ir].[c-]1ccccc1-c1ccccn1. The molecule has 4 heterocycles. The number of benzene rings is 4. The van der Waals surface area contributed by atoms with Crippen molar-refractivity contribution in [1.82, 2.24) is 15.0 Å². The van der Waals surface area contributed by atoms with Crippen molar-refractivity contribution < 1.29 is 24.5 Å². The van der Waals surface area contributed by atoms with Crippen molar-refractivity contribution in [1.29, 1.82) is 0 Å². The van der Waals surface area contributed by atoms with Gasteiger partial charge in [-0.1, -0.05) is 77.2 Å². The topological polar surface area (TPSA) is 51.8 Å². The fourth-order valence-corrected chi connectivity index (χ4v) is 6.54. The van der Waals surface area contributed by atoms with Gasteiger partial charge < -0.3 is 14.4 Å². The molecular formula is C45H37IrN3O-2. The van der Waals surface area contributed by atoms with Crippen LogP contribution >= 0.6 is 0 Å². The van der Waals surface area contributed by atoms with Gasteiger partial charge in [-0.2, -0.15) is 0 Å². The van der Waals surface area contributed by atoms with Gasteiger partial charge in [0.15, 0.2) is 0 Å². The molecule has 0 aliphatic carbocycles. The van der Waals surface area contributed by atoms with Gasteiger partial charge >= 0.3 is 0 Å². The standard InChI is InChI=1S/C34H29N2O.C11H8N.Ir/c1-21-17-23(3)32(24(4)18-21)30-20-35-31(19-22(30)2)29-12-8-11-27-28-16-15-26(36-34(28)37-33(27)29)14-13-25-9-6-5-7-10-25;1-2-6-10(7-3-1)11-8-4-5-9-12-11;/h5-11,15-20H,13-14H2,1-4H3;1-6,8-9H;/q2*-1;. The van der Waals surface area contributed by atoms with Gasteiger partial charge in [0.2, 0.25) is 5.71 Å². The van der Waals surface area contributed by atoms with Crippen LogP contribution in [0.5, 0.6) is 0 Å². The molecule has 0 fully saturated rings. The van der Waals surface area contributed by atoms with Gasteiger partial charge in [-0.15, -0.1) is 54.1 Å². The first-order chi connectivity index (χ1) is 23.9. The molecule has 1 radical (unpaired) electrons. The predicted molar refractivity (Wildman–Crippen MR) is 200 cm³/mol. The third-order valence-corrected chi connectivity index (χ3v) is 8.83. The molecule has 8 aromatic rings. The molecule has 4 nitrogen and oxygen atoms in total. The summed E-state index contributed by atoms with van der Waals surface area (Å²) in [5.41, 5.74) is 15.0. The molecule has 50 heavy (non-hydrogen) atoms. The van der Waals surface area contributed by atoms with Gasteiger partial charge in [0.05, 0.1) is 5.58 Å². The monoisotopic (exact) mass is 828 g/mol. The molecule has 0 N–H and O–H groups in total. The van der Waals surface area contributed by atoms with Crippen molar-refractivity contribution in [2.24, 2.45) is 0 Å². The van der Waals surface area contributed by atoms with Crippen LogP contribution in [0.2, 0.25) is 0 Å². The van der Waals surface area contributed by atoms with E-state index in [9.17, 15) is 0 Å². The van der Waals surface area contributed by atoms with Crippen molar-refractivity contribution >= 4 is 22.1 Å². The maximum atomic E-state index is 6.35. The van der Waals surface area contributed by atoms with Gasteiger partial charge in [-0.05, 0) is 97.9 Å². The number of nitrogens with zero attached hydrogens (tertiary/aromatic N) is 3. The summed E-state index contributed by atoms with van der Waals surface area (Å²) in [6.45, 7) is 8.64. The summed E-state index contributed by atoms with van der Waals surface area (Å²) in [5.74, 6) is 0. The molecule has 0 saturated carbocycles. The molecule has 0 spiro atoms. The second-order valence-electron chi connectivity index (χ2n) is 12.5. The molecule has 0 aliphatic rings. The van der Waals surface area contributed by atoms with Crippen LogP contribution in [-0.2, 0) is 32.9 Å². The summed E-state index contributed by atoms with van der Waals surface area (Å²) >= 11 is 0. The Hall–Kier alpha value is -5.22. The first-order valence-corrected chi connectivity index (χ1v) is 16.6. The molecule has 0 aliphatic heterocycles. The van der Waals surface area contributed by atoms with Gasteiger partial charge in [0, 0.05) is 49.1 Å². The average Bonchev–Trinajstić information content (AvgIpc) is 3.51. The fourth-order valence-electron chi connectivity index (χ4n) is 6.54. The Bertz CT molecular complexity index is 2310. The molecule has 5 heteroatoms. The molecular weight excluding hydrogens is 791 g/mol. The zero-order valence-electron chi connectivity index (χ0n) is 28.6. The van der Waals surface area contributed by atoms with E-state index in [1.807, 2.05) is 60.8 Å². The van der Waals surface area contributed by atoms with Crippen LogP contribution in [0, 0.1) is 39.8 Å². The van der Waals surface area contributed by atoms with Gasteiger partial charge in [0.1, 0.15) is 0 Å². The molecule has 0 atom stereocenters. The Morgan fingerprint density at radius 3 is 2.14 bits per heavy atom. The smallest absolute Gasteiger partial charge is 0.216 e. The third-order valence-electron chi connectivity index (χ3n) is 8.83. The number of furan rings is 1. The summed E-state index contributed by atoms with van der Waals surface area (Å²) in [6.07, 6.45) is 5.60. The number of aromatic nitrogens is 3. The molecule has 249 valence electrons. The molecule has 0 bridgehead atoms. The van der Waals surface area contributed by atoms with E-state index < -0.39 is 0 Å². The van der Waals surface area contributed by atoms with E-state index in [0.29, 0.717) is 5.71 Å². The minimum absolute atomic E-state index is 0. The van der Waals surface area contributed by atoms with Crippen LogP contribution in [-0.4, -0.2) is 15.0 Å². The minimum Gasteiger partial charge on any atom is -0.486 e. The van der Waals surface area contributed by atoms with Crippen molar-refractivity contribution in [3.8, 4) is 33.6 Å². The Morgan fingerprint density at radius 2 is 1.42 bits per heavy atom. The van der Waals surface area contributed by atoms with Gasteiger partial charge in [0.25, 0.3) is 0 Å². The van der Waals surface area contributed by atoms with Crippen molar-refractivity contribution in [2.45, 2.75) is 40.5 Å². The molecule has 8 rings (SSSR count). The quantitative estimate of drug-likeness (QED) is 0.157. The van der Waals surface area contributed by atoms with E-state index in [-0.39, 0.29) is 20.1 Å². The first-order valence-electron chi connectivity index (χ1n) is 16.6. The van der Waals surface area contributed by atoms with E-state index in [2.05, 4.69) is 105 Å². The maximum Gasteiger partial charge on any atom is 0.216 e. The molecule has 0 amide bonds. The van der Waals surface area contributed by atoms with E-state index >= 15 is 0 Å². The summed E-state index contributed by atoms with van der Waals surface area (Å²) in [6, 6.07) is 45.6. The van der Waals surface area contributed by atoms with Gasteiger partial charge in [-0.3, -0.25) is 0 Å². The van der Waals surface area contributed by atoms with Gasteiger partial charge in [-0.25, -0.2) is 4.98 Å². The number of pyridine rings is 3. The number of fused-ring (bicyclic) bond motifs is 3. The van der Waals surface area contributed by atoms with E-state index in [0.717, 1.165) is 57.4 Å². The van der Waals surface area contributed by atoms with E-state index in [1.165, 1.54) is 38.9 Å².